The summed E-state index contributed by atoms with van der Waals surface area (Å²) in [5, 5.41) is 3.34. The van der Waals surface area contributed by atoms with E-state index < -0.39 is 0 Å². The lowest BCUT2D eigenvalue weighted by atomic mass is 10.1. The standard InChI is InChI=1S/C17H19ClN2O/c1-11-4-3-5-13(8-11)6-7-17(21)20-16-10-14(18)15(19)9-12(16)2/h3-5,8-10H,6-7,19H2,1-2H3,(H,20,21). The molecule has 0 aliphatic rings. The number of halogens is 1. The van der Waals surface area contributed by atoms with Crippen LogP contribution >= 0.6 is 11.6 Å². The Labute approximate surface area is 130 Å². The summed E-state index contributed by atoms with van der Waals surface area (Å²) in [6.45, 7) is 3.94. The van der Waals surface area contributed by atoms with Gasteiger partial charge < -0.3 is 11.1 Å². The number of anilines is 2. The molecule has 3 nitrogen and oxygen atoms in total. The number of hydrogen-bond acceptors (Lipinski definition) is 2. The molecule has 0 fully saturated rings. The van der Waals surface area contributed by atoms with Gasteiger partial charge in [0.05, 0.1) is 10.7 Å². The zero-order chi connectivity index (χ0) is 15.4. The van der Waals surface area contributed by atoms with Crippen LogP contribution in [0, 0.1) is 13.8 Å². The summed E-state index contributed by atoms with van der Waals surface area (Å²) in [6.07, 6.45) is 1.15. The number of nitrogens with one attached hydrogen (secondary N) is 1. The van der Waals surface area contributed by atoms with Gasteiger partial charge in [-0.2, -0.15) is 0 Å². The first-order chi connectivity index (χ1) is 9.95. The third-order valence-corrected chi connectivity index (χ3v) is 3.67. The van der Waals surface area contributed by atoms with E-state index in [1.54, 1.807) is 12.1 Å². The predicted octanol–water partition coefficient (Wildman–Crippen LogP) is 4.11. The molecule has 2 aromatic carbocycles. The van der Waals surface area contributed by atoms with Crippen LogP contribution in [0.5, 0.6) is 0 Å². The topological polar surface area (TPSA) is 55.1 Å². The monoisotopic (exact) mass is 302 g/mol. The molecule has 0 unspecified atom stereocenters. The Balaban J connectivity index is 1.97. The maximum atomic E-state index is 12.0. The van der Waals surface area contributed by atoms with Gasteiger partial charge in [-0.25, -0.2) is 0 Å². The second-order valence-electron chi connectivity index (χ2n) is 5.23. The Morgan fingerprint density at radius 3 is 2.71 bits per heavy atom. The first kappa shape index (κ1) is 15.4. The van der Waals surface area contributed by atoms with E-state index in [0.29, 0.717) is 22.8 Å². The third-order valence-electron chi connectivity index (χ3n) is 3.34. The van der Waals surface area contributed by atoms with Crippen LogP contribution in [-0.2, 0) is 11.2 Å². The van der Waals surface area contributed by atoms with Gasteiger partial charge in [0.15, 0.2) is 0 Å². The minimum absolute atomic E-state index is 0.0274. The minimum Gasteiger partial charge on any atom is -0.398 e. The number of carbonyl (C=O) groups excluding carboxylic acids is 1. The summed E-state index contributed by atoms with van der Waals surface area (Å²) in [4.78, 5) is 12.0. The van der Waals surface area contributed by atoms with Gasteiger partial charge in [-0.05, 0) is 43.5 Å². The SMILES string of the molecule is Cc1cccc(CCC(=O)Nc2cc(Cl)c(N)cc2C)c1. The van der Waals surface area contributed by atoms with E-state index in [-0.39, 0.29) is 5.91 Å². The first-order valence-electron chi connectivity index (χ1n) is 6.86. The van der Waals surface area contributed by atoms with Gasteiger partial charge in [-0.15, -0.1) is 0 Å². The van der Waals surface area contributed by atoms with Crippen LogP contribution in [0.15, 0.2) is 36.4 Å². The van der Waals surface area contributed by atoms with Gasteiger partial charge >= 0.3 is 0 Å². The van der Waals surface area contributed by atoms with Crippen LogP contribution in [0.2, 0.25) is 5.02 Å². The summed E-state index contributed by atoms with van der Waals surface area (Å²) in [6, 6.07) is 11.6. The van der Waals surface area contributed by atoms with Crippen molar-refractivity contribution in [2.75, 3.05) is 11.1 Å². The van der Waals surface area contributed by atoms with Gasteiger partial charge in [-0.1, -0.05) is 41.4 Å². The van der Waals surface area contributed by atoms with Crippen molar-refractivity contribution in [3.8, 4) is 0 Å². The normalized spacial score (nSPS) is 10.4. The second-order valence-corrected chi connectivity index (χ2v) is 5.63. The molecule has 0 aliphatic heterocycles. The highest BCUT2D eigenvalue weighted by Gasteiger charge is 2.08. The fourth-order valence-electron chi connectivity index (χ4n) is 2.18. The summed E-state index contributed by atoms with van der Waals surface area (Å²) in [7, 11) is 0. The van der Waals surface area contributed by atoms with Gasteiger partial charge in [-0.3, -0.25) is 4.79 Å². The zero-order valence-corrected chi connectivity index (χ0v) is 13.0. The Morgan fingerprint density at radius 2 is 2.00 bits per heavy atom. The van der Waals surface area contributed by atoms with Crippen molar-refractivity contribution in [2.45, 2.75) is 26.7 Å². The molecule has 0 saturated carbocycles. The second kappa shape index (κ2) is 6.64. The zero-order valence-electron chi connectivity index (χ0n) is 12.2. The quantitative estimate of drug-likeness (QED) is 0.835. The van der Waals surface area contributed by atoms with Crippen molar-refractivity contribution in [1.29, 1.82) is 0 Å². The van der Waals surface area contributed by atoms with Crippen molar-refractivity contribution < 1.29 is 4.79 Å². The van der Waals surface area contributed by atoms with E-state index >= 15 is 0 Å². The van der Waals surface area contributed by atoms with Crippen LogP contribution < -0.4 is 11.1 Å². The Hall–Kier alpha value is -2.00. The van der Waals surface area contributed by atoms with Crippen LogP contribution in [0.3, 0.4) is 0 Å². The van der Waals surface area contributed by atoms with Crippen molar-refractivity contribution >= 4 is 28.9 Å². The van der Waals surface area contributed by atoms with Crippen molar-refractivity contribution in [2.24, 2.45) is 0 Å². The van der Waals surface area contributed by atoms with Gasteiger partial charge in [0.1, 0.15) is 0 Å². The number of hydrogen-bond donors (Lipinski definition) is 2. The van der Waals surface area contributed by atoms with E-state index in [0.717, 1.165) is 17.5 Å². The molecule has 1 amide bonds. The molecule has 3 N–H and O–H groups in total. The third kappa shape index (κ3) is 4.23. The number of rotatable bonds is 4. The van der Waals surface area contributed by atoms with Crippen LogP contribution in [0.4, 0.5) is 11.4 Å². The maximum absolute atomic E-state index is 12.0. The molecule has 2 aromatic rings. The Bertz CT molecular complexity index is 668. The first-order valence-corrected chi connectivity index (χ1v) is 7.24. The fraction of sp³-hybridized carbons (Fsp3) is 0.235. The smallest absolute Gasteiger partial charge is 0.224 e. The summed E-state index contributed by atoms with van der Waals surface area (Å²) >= 11 is 5.98. The number of benzene rings is 2. The van der Waals surface area contributed by atoms with Crippen LogP contribution in [-0.4, -0.2) is 5.91 Å². The van der Waals surface area contributed by atoms with Gasteiger partial charge in [0.2, 0.25) is 5.91 Å². The molecule has 2 rings (SSSR count). The average Bonchev–Trinajstić information content (AvgIpc) is 2.43. The lowest BCUT2D eigenvalue weighted by Crippen LogP contribution is -2.13. The molecular weight excluding hydrogens is 284 g/mol. The van der Waals surface area contributed by atoms with Crippen LogP contribution in [0.1, 0.15) is 23.1 Å². The molecule has 0 heterocycles. The minimum atomic E-state index is -0.0274. The fourth-order valence-corrected chi connectivity index (χ4v) is 2.34. The molecule has 0 aliphatic carbocycles. The maximum Gasteiger partial charge on any atom is 0.224 e. The lowest BCUT2D eigenvalue weighted by molar-refractivity contribution is -0.116. The number of nitrogens with two attached hydrogens (primary N) is 1. The molecule has 0 spiro atoms. The van der Waals surface area contributed by atoms with E-state index in [9.17, 15) is 4.79 Å². The molecule has 4 heteroatoms. The molecule has 21 heavy (non-hydrogen) atoms. The molecule has 0 bridgehead atoms. The highest BCUT2D eigenvalue weighted by Crippen LogP contribution is 2.26. The highest BCUT2D eigenvalue weighted by atomic mass is 35.5. The van der Waals surface area contributed by atoms with E-state index in [4.69, 9.17) is 17.3 Å². The summed E-state index contributed by atoms with van der Waals surface area (Å²) < 4.78 is 0. The Kier molecular flexibility index (Phi) is 4.86. The molecule has 0 atom stereocenters. The van der Waals surface area contributed by atoms with Gasteiger partial charge in [0.25, 0.3) is 0 Å². The number of aryl methyl sites for hydroxylation is 3. The van der Waals surface area contributed by atoms with Crippen molar-refractivity contribution in [3.63, 3.8) is 0 Å². The van der Waals surface area contributed by atoms with E-state index in [1.165, 1.54) is 5.56 Å². The average molecular weight is 303 g/mol. The summed E-state index contributed by atoms with van der Waals surface area (Å²) in [5.41, 5.74) is 10.2. The van der Waals surface area contributed by atoms with E-state index in [2.05, 4.69) is 11.4 Å². The predicted molar refractivity (Wildman–Crippen MR) is 88.7 cm³/mol. The van der Waals surface area contributed by atoms with E-state index in [1.807, 2.05) is 32.0 Å². The number of carbonyl (C=O) groups is 1. The van der Waals surface area contributed by atoms with Gasteiger partial charge in [0, 0.05) is 12.1 Å². The van der Waals surface area contributed by atoms with Crippen molar-refractivity contribution in [3.05, 3.63) is 58.1 Å². The largest absolute Gasteiger partial charge is 0.398 e. The molecule has 0 radical (unpaired) electrons. The van der Waals surface area contributed by atoms with Crippen LogP contribution in [0.25, 0.3) is 0 Å². The molecule has 0 saturated heterocycles. The molecule has 110 valence electrons. The van der Waals surface area contributed by atoms with Crippen molar-refractivity contribution in [1.82, 2.24) is 0 Å². The lowest BCUT2D eigenvalue weighted by Gasteiger charge is -2.10. The Morgan fingerprint density at radius 1 is 1.24 bits per heavy atom. The number of nitrogen functional groups attached to an aromatic ring is 1. The molecule has 0 aromatic heterocycles. The summed E-state index contributed by atoms with van der Waals surface area (Å²) in [5.74, 6) is -0.0274. The highest BCUT2D eigenvalue weighted by molar-refractivity contribution is 6.33. The molecular formula is C17H19ClN2O. The number of amides is 1.